The number of nitrogens with one attached hydrogen (secondary N) is 1. The van der Waals surface area contributed by atoms with Gasteiger partial charge in [0.15, 0.2) is 6.10 Å². The Morgan fingerprint density at radius 2 is 1.54 bits per heavy atom. The molecule has 0 heterocycles. The van der Waals surface area contributed by atoms with Crippen LogP contribution in [0.15, 0.2) is 42.5 Å². The zero-order valence-corrected chi connectivity index (χ0v) is 17.8. The number of hydrogen-bond acceptors (Lipinski definition) is 4. The maximum Gasteiger partial charge on any atom is 0.261 e. The molecule has 5 heteroatoms. The molecule has 2 aromatic carbocycles. The van der Waals surface area contributed by atoms with E-state index in [1.54, 1.807) is 21.1 Å². The van der Waals surface area contributed by atoms with Crippen LogP contribution >= 0.6 is 0 Å². The molecule has 2 unspecified atom stereocenters. The summed E-state index contributed by atoms with van der Waals surface area (Å²) in [5.41, 5.74) is 2.14. The molecule has 0 aromatic heterocycles. The zero-order chi connectivity index (χ0) is 20.9. The van der Waals surface area contributed by atoms with Crippen LogP contribution in [0.1, 0.15) is 51.8 Å². The van der Waals surface area contributed by atoms with E-state index >= 15 is 0 Å². The van der Waals surface area contributed by atoms with Gasteiger partial charge < -0.3 is 19.5 Å². The first kappa shape index (κ1) is 21.6. The molecule has 0 aliphatic rings. The van der Waals surface area contributed by atoms with E-state index in [9.17, 15) is 4.79 Å². The van der Waals surface area contributed by atoms with Gasteiger partial charge in [-0.15, -0.1) is 0 Å². The molecule has 0 aliphatic carbocycles. The van der Waals surface area contributed by atoms with Crippen molar-refractivity contribution in [2.24, 2.45) is 0 Å². The van der Waals surface area contributed by atoms with Crippen molar-refractivity contribution in [2.75, 3.05) is 14.2 Å². The quantitative estimate of drug-likeness (QED) is 0.754. The van der Waals surface area contributed by atoms with Crippen molar-refractivity contribution in [1.29, 1.82) is 0 Å². The minimum atomic E-state index is -0.625. The molecule has 28 heavy (non-hydrogen) atoms. The van der Waals surface area contributed by atoms with Gasteiger partial charge in [-0.25, -0.2) is 0 Å². The molecule has 0 aliphatic heterocycles. The number of carbonyl (C=O) groups excluding carboxylic acids is 1. The molecule has 0 fully saturated rings. The second kappa shape index (κ2) is 9.00. The molecule has 1 N–H and O–H groups in total. The maximum absolute atomic E-state index is 12.6. The number of benzene rings is 2. The average molecular weight is 386 g/mol. The number of hydrogen-bond donors (Lipinski definition) is 1. The van der Waals surface area contributed by atoms with Gasteiger partial charge in [0.05, 0.1) is 20.3 Å². The third-order valence-corrected chi connectivity index (χ3v) is 4.66. The smallest absolute Gasteiger partial charge is 0.261 e. The molecule has 2 aromatic rings. The van der Waals surface area contributed by atoms with E-state index in [0.717, 1.165) is 5.56 Å². The molecule has 0 spiro atoms. The monoisotopic (exact) mass is 385 g/mol. The number of carbonyl (C=O) groups is 1. The average Bonchev–Trinajstić information content (AvgIpc) is 2.66. The van der Waals surface area contributed by atoms with E-state index < -0.39 is 6.10 Å². The number of amides is 1. The Hall–Kier alpha value is -2.69. The van der Waals surface area contributed by atoms with Crippen LogP contribution in [0.3, 0.4) is 0 Å². The topological polar surface area (TPSA) is 56.8 Å². The largest absolute Gasteiger partial charge is 0.497 e. The summed E-state index contributed by atoms with van der Waals surface area (Å²) in [6, 6.07) is 13.1. The summed E-state index contributed by atoms with van der Waals surface area (Å²) in [6.45, 7) is 10.1. The fourth-order valence-corrected chi connectivity index (χ4v) is 2.88. The van der Waals surface area contributed by atoms with Gasteiger partial charge in [0.2, 0.25) is 0 Å². The Morgan fingerprint density at radius 1 is 0.929 bits per heavy atom. The van der Waals surface area contributed by atoms with Crippen molar-refractivity contribution in [3.8, 4) is 17.2 Å². The van der Waals surface area contributed by atoms with Crippen molar-refractivity contribution in [3.05, 3.63) is 53.6 Å². The molecular formula is C23H31NO4. The summed E-state index contributed by atoms with van der Waals surface area (Å²) < 4.78 is 16.5. The van der Waals surface area contributed by atoms with Crippen LogP contribution in [-0.2, 0) is 10.2 Å². The summed E-state index contributed by atoms with van der Waals surface area (Å²) in [4.78, 5) is 12.6. The van der Waals surface area contributed by atoms with Crippen LogP contribution in [0.4, 0.5) is 0 Å². The first-order valence-electron chi connectivity index (χ1n) is 9.45. The lowest BCUT2D eigenvalue weighted by Crippen LogP contribution is -2.37. The fraction of sp³-hybridized carbons (Fsp3) is 0.435. The molecule has 2 rings (SSSR count). The van der Waals surface area contributed by atoms with Gasteiger partial charge in [0, 0.05) is 5.56 Å². The molecule has 0 radical (unpaired) electrons. The Kier molecular flexibility index (Phi) is 6.95. The van der Waals surface area contributed by atoms with Crippen LogP contribution in [0.2, 0.25) is 0 Å². The minimum Gasteiger partial charge on any atom is -0.497 e. The first-order valence-corrected chi connectivity index (χ1v) is 9.45. The highest BCUT2D eigenvalue weighted by Crippen LogP contribution is 2.29. The van der Waals surface area contributed by atoms with E-state index in [1.807, 2.05) is 49.4 Å². The fourth-order valence-electron chi connectivity index (χ4n) is 2.88. The standard InChI is InChI=1S/C23H31NO4/c1-15(20-14-19(26-6)12-13-21(20)27-7)24-22(25)16(2)28-18-10-8-17(9-11-18)23(3,4)5/h8-16H,1-7H3,(H,24,25). The lowest BCUT2D eigenvalue weighted by atomic mass is 9.87. The maximum atomic E-state index is 12.6. The SMILES string of the molecule is COc1ccc(OC)c(C(C)NC(=O)C(C)Oc2ccc(C(C)(C)C)cc2)c1. The molecule has 0 bridgehead atoms. The summed E-state index contributed by atoms with van der Waals surface area (Å²) in [7, 11) is 3.21. The van der Waals surface area contributed by atoms with E-state index in [0.29, 0.717) is 17.2 Å². The van der Waals surface area contributed by atoms with Crippen molar-refractivity contribution in [3.63, 3.8) is 0 Å². The Morgan fingerprint density at radius 3 is 2.07 bits per heavy atom. The van der Waals surface area contributed by atoms with Crippen LogP contribution in [0, 0.1) is 0 Å². The van der Waals surface area contributed by atoms with Gasteiger partial charge in [0.1, 0.15) is 17.2 Å². The lowest BCUT2D eigenvalue weighted by molar-refractivity contribution is -0.127. The van der Waals surface area contributed by atoms with Gasteiger partial charge in [-0.1, -0.05) is 32.9 Å². The van der Waals surface area contributed by atoms with E-state index in [-0.39, 0.29) is 17.4 Å². The predicted octanol–water partition coefficient (Wildman–Crippen LogP) is 4.65. The second-order valence-corrected chi connectivity index (χ2v) is 7.87. The number of methoxy groups -OCH3 is 2. The first-order chi connectivity index (χ1) is 13.2. The van der Waals surface area contributed by atoms with Crippen molar-refractivity contribution >= 4 is 5.91 Å². The molecule has 2 atom stereocenters. The van der Waals surface area contributed by atoms with Gasteiger partial charge in [0.25, 0.3) is 5.91 Å². The number of ether oxygens (including phenoxy) is 3. The highest BCUT2D eigenvalue weighted by molar-refractivity contribution is 5.81. The zero-order valence-electron chi connectivity index (χ0n) is 17.8. The van der Waals surface area contributed by atoms with Crippen LogP contribution in [0.25, 0.3) is 0 Å². The molecule has 0 saturated carbocycles. The Bertz CT molecular complexity index is 793. The normalized spacial score (nSPS) is 13.4. The predicted molar refractivity (Wildman–Crippen MR) is 111 cm³/mol. The highest BCUT2D eigenvalue weighted by Gasteiger charge is 2.21. The summed E-state index contributed by atoms with van der Waals surface area (Å²) in [5.74, 6) is 1.87. The molecule has 1 amide bonds. The van der Waals surface area contributed by atoms with Gasteiger partial charge >= 0.3 is 0 Å². The summed E-state index contributed by atoms with van der Waals surface area (Å²) in [6.07, 6.45) is -0.625. The van der Waals surface area contributed by atoms with Crippen molar-refractivity contribution < 1.29 is 19.0 Å². The van der Waals surface area contributed by atoms with Crippen LogP contribution in [-0.4, -0.2) is 26.2 Å². The molecular weight excluding hydrogens is 354 g/mol. The Labute approximate surface area is 168 Å². The lowest BCUT2D eigenvalue weighted by Gasteiger charge is -2.22. The van der Waals surface area contributed by atoms with Crippen molar-refractivity contribution in [2.45, 2.75) is 52.2 Å². The number of rotatable bonds is 7. The van der Waals surface area contributed by atoms with Gasteiger partial charge in [-0.3, -0.25) is 4.79 Å². The van der Waals surface area contributed by atoms with Gasteiger partial charge in [-0.05, 0) is 55.2 Å². The van der Waals surface area contributed by atoms with Crippen molar-refractivity contribution in [1.82, 2.24) is 5.32 Å². The molecule has 0 saturated heterocycles. The van der Waals surface area contributed by atoms with E-state index in [4.69, 9.17) is 14.2 Å². The van der Waals surface area contributed by atoms with E-state index in [2.05, 4.69) is 26.1 Å². The third kappa shape index (κ3) is 5.41. The molecule has 5 nitrogen and oxygen atoms in total. The third-order valence-electron chi connectivity index (χ3n) is 4.66. The van der Waals surface area contributed by atoms with Crippen LogP contribution in [0.5, 0.6) is 17.2 Å². The Balaban J connectivity index is 2.04. The highest BCUT2D eigenvalue weighted by atomic mass is 16.5. The second-order valence-electron chi connectivity index (χ2n) is 7.87. The van der Waals surface area contributed by atoms with Gasteiger partial charge in [-0.2, -0.15) is 0 Å². The van der Waals surface area contributed by atoms with E-state index in [1.165, 1.54) is 5.56 Å². The summed E-state index contributed by atoms with van der Waals surface area (Å²) in [5, 5.41) is 2.98. The molecule has 152 valence electrons. The summed E-state index contributed by atoms with van der Waals surface area (Å²) >= 11 is 0. The minimum absolute atomic E-state index is 0.0761. The van der Waals surface area contributed by atoms with Crippen LogP contribution < -0.4 is 19.5 Å².